The first-order valence-corrected chi connectivity index (χ1v) is 5.19. The van der Waals surface area contributed by atoms with Gasteiger partial charge in [0, 0.05) is 49.7 Å². The molecule has 1 fully saturated rings. The van der Waals surface area contributed by atoms with E-state index in [0.717, 1.165) is 12.5 Å². The minimum Gasteiger partial charge on any atom is -0.385 e. The summed E-state index contributed by atoms with van der Waals surface area (Å²) in [5.74, 6) is 0.918. The van der Waals surface area contributed by atoms with E-state index in [4.69, 9.17) is 4.74 Å². The molecule has 2 nitrogen and oxygen atoms in total. The molecule has 1 aliphatic rings. The number of rotatable bonds is 3. The summed E-state index contributed by atoms with van der Waals surface area (Å²) in [6.07, 6.45) is 3.96. The van der Waals surface area contributed by atoms with Gasteiger partial charge in [0.25, 0.3) is 0 Å². The second-order valence-electron chi connectivity index (χ2n) is 3.13. The number of hydrogen-bond acceptors (Lipinski definition) is 2. The summed E-state index contributed by atoms with van der Waals surface area (Å²) in [4.78, 5) is 0. The Morgan fingerprint density at radius 2 is 2.09 bits per heavy atom. The molecule has 66 valence electrons. The Labute approximate surface area is 82.8 Å². The third-order valence-electron chi connectivity index (χ3n) is 2.29. The zero-order chi connectivity index (χ0) is 8.10. The van der Waals surface area contributed by atoms with Gasteiger partial charge < -0.3 is 4.74 Å². The normalized spacial score (nSPS) is 22.4. The van der Waals surface area contributed by atoms with E-state index in [2.05, 4.69) is 26.0 Å². The molecule has 11 heavy (non-hydrogen) atoms. The van der Waals surface area contributed by atoms with Gasteiger partial charge in [-0.05, 0) is 25.2 Å². The Bertz CT molecular complexity index is 99.5. The largest absolute Gasteiger partial charge is 0.385 e. The molecule has 1 aliphatic heterocycles. The third-order valence-corrected chi connectivity index (χ3v) is 3.26. The summed E-state index contributed by atoms with van der Waals surface area (Å²) in [6, 6.07) is 0. The van der Waals surface area contributed by atoms with Gasteiger partial charge in [-0.25, -0.2) is 3.11 Å². The van der Waals surface area contributed by atoms with Crippen molar-refractivity contribution >= 4 is 22.9 Å². The molecular formula is C8H16INO. The van der Waals surface area contributed by atoms with Gasteiger partial charge in [-0.2, -0.15) is 0 Å². The molecule has 0 N–H and O–H groups in total. The summed E-state index contributed by atoms with van der Waals surface area (Å²) in [6.45, 7) is 3.45. The molecule has 1 saturated heterocycles. The van der Waals surface area contributed by atoms with Crippen LogP contribution in [0.1, 0.15) is 19.3 Å². The zero-order valence-electron chi connectivity index (χ0n) is 7.05. The van der Waals surface area contributed by atoms with Crippen LogP contribution in [0, 0.1) is 5.92 Å². The van der Waals surface area contributed by atoms with Gasteiger partial charge in [0.05, 0.1) is 0 Å². The molecule has 0 radical (unpaired) electrons. The topological polar surface area (TPSA) is 12.5 Å². The third kappa shape index (κ3) is 3.71. The Morgan fingerprint density at radius 1 is 1.45 bits per heavy atom. The van der Waals surface area contributed by atoms with E-state index in [1.807, 2.05) is 0 Å². The van der Waals surface area contributed by atoms with Crippen molar-refractivity contribution in [3.8, 4) is 0 Å². The van der Waals surface area contributed by atoms with Crippen molar-refractivity contribution in [3.05, 3.63) is 0 Å². The highest BCUT2D eigenvalue weighted by atomic mass is 127. The number of halogens is 1. The number of piperidine rings is 1. The first kappa shape index (κ1) is 9.74. The molecular weight excluding hydrogens is 253 g/mol. The van der Waals surface area contributed by atoms with Crippen LogP contribution in [0.25, 0.3) is 0 Å². The van der Waals surface area contributed by atoms with E-state index in [1.54, 1.807) is 7.11 Å². The van der Waals surface area contributed by atoms with Crippen LogP contribution in [0.3, 0.4) is 0 Å². The summed E-state index contributed by atoms with van der Waals surface area (Å²) in [7, 11) is 1.79. The van der Waals surface area contributed by atoms with Crippen molar-refractivity contribution in [3.63, 3.8) is 0 Å². The Hall–Kier alpha value is 0.650. The minimum absolute atomic E-state index is 0.918. The number of hydrogen-bond donors (Lipinski definition) is 0. The highest BCUT2D eigenvalue weighted by molar-refractivity contribution is 14.1. The Balaban J connectivity index is 2.07. The molecule has 0 atom stereocenters. The summed E-state index contributed by atoms with van der Waals surface area (Å²) >= 11 is 2.41. The first-order chi connectivity index (χ1) is 5.33. The fourth-order valence-corrected chi connectivity index (χ4v) is 2.03. The second-order valence-corrected chi connectivity index (χ2v) is 4.50. The second kappa shape index (κ2) is 5.32. The standard InChI is InChI=1S/C8H16INO/c1-11-7-4-8-2-5-10(9)6-3-8/h8H,2-7H2,1H3. The van der Waals surface area contributed by atoms with Gasteiger partial charge >= 0.3 is 0 Å². The highest BCUT2D eigenvalue weighted by Crippen LogP contribution is 2.21. The Kier molecular flexibility index (Phi) is 4.71. The average Bonchev–Trinajstić information content (AvgIpc) is 2.04. The molecule has 0 aromatic rings. The van der Waals surface area contributed by atoms with Crippen LogP contribution in [0.15, 0.2) is 0 Å². The predicted molar refractivity (Wildman–Crippen MR) is 54.8 cm³/mol. The van der Waals surface area contributed by atoms with Crippen molar-refractivity contribution < 1.29 is 4.74 Å². The van der Waals surface area contributed by atoms with Crippen LogP contribution in [-0.2, 0) is 4.74 Å². The zero-order valence-corrected chi connectivity index (χ0v) is 9.21. The summed E-state index contributed by atoms with van der Waals surface area (Å²) in [5, 5.41) is 0. The summed E-state index contributed by atoms with van der Waals surface area (Å²) < 4.78 is 7.43. The SMILES string of the molecule is COCCC1CCN(I)CC1. The quantitative estimate of drug-likeness (QED) is 0.574. The maximum absolute atomic E-state index is 5.06. The number of methoxy groups -OCH3 is 1. The molecule has 0 spiro atoms. The van der Waals surface area contributed by atoms with E-state index < -0.39 is 0 Å². The Morgan fingerprint density at radius 3 is 2.64 bits per heavy atom. The number of ether oxygens (including phenoxy) is 1. The molecule has 1 heterocycles. The minimum atomic E-state index is 0.918. The van der Waals surface area contributed by atoms with Gasteiger partial charge in [0.15, 0.2) is 0 Å². The average molecular weight is 269 g/mol. The van der Waals surface area contributed by atoms with Crippen LogP contribution in [0.2, 0.25) is 0 Å². The lowest BCUT2D eigenvalue weighted by molar-refractivity contribution is 0.162. The lowest BCUT2D eigenvalue weighted by Gasteiger charge is -2.27. The van der Waals surface area contributed by atoms with E-state index in [9.17, 15) is 0 Å². The maximum Gasteiger partial charge on any atom is 0.0464 e. The van der Waals surface area contributed by atoms with Gasteiger partial charge in [0.1, 0.15) is 0 Å². The maximum atomic E-state index is 5.06. The highest BCUT2D eigenvalue weighted by Gasteiger charge is 2.16. The van der Waals surface area contributed by atoms with Crippen LogP contribution in [0.5, 0.6) is 0 Å². The fraction of sp³-hybridized carbons (Fsp3) is 1.00. The van der Waals surface area contributed by atoms with Gasteiger partial charge in [-0.3, -0.25) is 0 Å². The molecule has 0 unspecified atom stereocenters. The smallest absolute Gasteiger partial charge is 0.0464 e. The predicted octanol–water partition coefficient (Wildman–Crippen LogP) is 2.08. The lowest BCUT2D eigenvalue weighted by atomic mass is 9.95. The van der Waals surface area contributed by atoms with Crippen molar-refractivity contribution in [1.29, 1.82) is 0 Å². The van der Waals surface area contributed by atoms with Crippen molar-refractivity contribution in [2.45, 2.75) is 19.3 Å². The van der Waals surface area contributed by atoms with Crippen molar-refractivity contribution in [2.75, 3.05) is 26.8 Å². The monoisotopic (exact) mass is 269 g/mol. The van der Waals surface area contributed by atoms with Crippen molar-refractivity contribution in [2.24, 2.45) is 5.92 Å². The van der Waals surface area contributed by atoms with Gasteiger partial charge in [0.2, 0.25) is 0 Å². The van der Waals surface area contributed by atoms with E-state index >= 15 is 0 Å². The summed E-state index contributed by atoms with van der Waals surface area (Å²) in [5.41, 5.74) is 0. The first-order valence-electron chi connectivity index (χ1n) is 4.22. The van der Waals surface area contributed by atoms with Crippen LogP contribution in [-0.4, -0.2) is 29.9 Å². The van der Waals surface area contributed by atoms with Crippen LogP contribution >= 0.6 is 22.9 Å². The lowest BCUT2D eigenvalue weighted by Crippen LogP contribution is -2.26. The van der Waals surface area contributed by atoms with Gasteiger partial charge in [-0.1, -0.05) is 0 Å². The molecule has 0 amide bonds. The molecule has 0 aliphatic carbocycles. The van der Waals surface area contributed by atoms with Crippen molar-refractivity contribution in [1.82, 2.24) is 3.11 Å². The molecule has 0 saturated carbocycles. The van der Waals surface area contributed by atoms with Crippen LogP contribution < -0.4 is 0 Å². The van der Waals surface area contributed by atoms with E-state index in [1.165, 1.54) is 32.4 Å². The molecule has 3 heteroatoms. The molecule has 0 aromatic heterocycles. The van der Waals surface area contributed by atoms with E-state index in [-0.39, 0.29) is 0 Å². The van der Waals surface area contributed by atoms with Gasteiger partial charge in [-0.15, -0.1) is 0 Å². The van der Waals surface area contributed by atoms with Crippen LogP contribution in [0.4, 0.5) is 0 Å². The van der Waals surface area contributed by atoms with E-state index in [0.29, 0.717) is 0 Å². The molecule has 0 aromatic carbocycles. The molecule has 1 rings (SSSR count). The fourth-order valence-electron chi connectivity index (χ4n) is 1.47. The molecule has 0 bridgehead atoms. The number of nitrogens with zero attached hydrogens (tertiary/aromatic N) is 1.